The van der Waals surface area contributed by atoms with Gasteiger partial charge in [0, 0.05) is 22.5 Å². The van der Waals surface area contributed by atoms with Crippen LogP contribution >= 0.6 is 22.6 Å². The largest absolute Gasteiger partial charge is 0.490 e. The number of rotatable bonds is 16. The molecule has 1 unspecified atom stereocenters. The van der Waals surface area contributed by atoms with Crippen molar-refractivity contribution < 1.29 is 38.1 Å². The maximum absolute atomic E-state index is 13.7. The van der Waals surface area contributed by atoms with E-state index in [1.807, 2.05) is 30.3 Å². The number of amides is 3. The molecule has 51 heavy (non-hydrogen) atoms. The van der Waals surface area contributed by atoms with Gasteiger partial charge in [0.2, 0.25) is 5.91 Å². The van der Waals surface area contributed by atoms with Crippen molar-refractivity contribution in [3.8, 4) is 16.9 Å². The molecule has 0 bridgehead atoms. The number of esters is 1. The third-order valence-electron chi connectivity index (χ3n) is 8.14. The van der Waals surface area contributed by atoms with Crippen LogP contribution in [0.3, 0.4) is 0 Å². The molecule has 0 saturated heterocycles. The van der Waals surface area contributed by atoms with Gasteiger partial charge in [-0.2, -0.15) is 0 Å². The van der Waals surface area contributed by atoms with Crippen molar-refractivity contribution in [2.75, 3.05) is 26.9 Å². The van der Waals surface area contributed by atoms with Crippen LogP contribution in [0.4, 0.5) is 9.59 Å². The molecule has 0 spiro atoms. The Bertz CT molecular complexity index is 1690. The molecular weight excluding hydrogens is 765 g/mol. The molecule has 0 radical (unpaired) electrons. The molecule has 3 N–H and O–H groups in total. The molecule has 4 rings (SSSR count). The summed E-state index contributed by atoms with van der Waals surface area (Å²) in [6.45, 7) is 9.71. The van der Waals surface area contributed by atoms with Crippen LogP contribution in [0.15, 0.2) is 79.4 Å². The summed E-state index contributed by atoms with van der Waals surface area (Å²) in [4.78, 5) is 51.9. The number of methoxy groups -OCH3 is 1. The van der Waals surface area contributed by atoms with E-state index < -0.39 is 41.7 Å². The van der Waals surface area contributed by atoms with Crippen molar-refractivity contribution in [1.82, 2.24) is 16.0 Å². The number of benzene rings is 3. The van der Waals surface area contributed by atoms with Crippen LogP contribution in [0.5, 0.6) is 5.75 Å². The maximum atomic E-state index is 13.7. The van der Waals surface area contributed by atoms with Crippen molar-refractivity contribution in [2.24, 2.45) is 0 Å². The second-order valence-corrected chi connectivity index (χ2v) is 14.3. The second kappa shape index (κ2) is 18.6. The van der Waals surface area contributed by atoms with E-state index in [0.717, 1.165) is 31.4 Å². The van der Waals surface area contributed by atoms with Crippen LogP contribution in [-0.4, -0.2) is 68.6 Å². The number of nitrogens with one attached hydrogen (secondary N) is 3. The smallest absolute Gasteiger partial charge is 0.407 e. The Hall–Kier alpha value is -4.59. The number of alkyl carbamates (subject to hydrolysis) is 2. The molecule has 1 aliphatic carbocycles. The summed E-state index contributed by atoms with van der Waals surface area (Å²) in [6.07, 6.45) is 1.68. The third kappa shape index (κ3) is 11.5. The van der Waals surface area contributed by atoms with Gasteiger partial charge in [0.15, 0.2) is 0 Å². The summed E-state index contributed by atoms with van der Waals surface area (Å²) in [7, 11) is 1.25. The van der Waals surface area contributed by atoms with Crippen LogP contribution in [0.25, 0.3) is 11.1 Å². The fourth-order valence-corrected chi connectivity index (χ4v) is 6.69. The molecule has 0 heterocycles. The average molecular weight is 812 g/mol. The minimum Gasteiger partial charge on any atom is -0.490 e. The number of unbranched alkanes of at least 4 members (excludes halogenated alkanes) is 1. The third-order valence-corrected chi connectivity index (χ3v) is 9.08. The molecule has 11 nitrogen and oxygen atoms in total. The second-order valence-electron chi connectivity index (χ2n) is 13.1. The topological polar surface area (TPSA) is 141 Å². The predicted molar refractivity (Wildman–Crippen MR) is 203 cm³/mol. The highest BCUT2D eigenvalue weighted by Crippen LogP contribution is 2.46. The average Bonchev–Trinajstić information content (AvgIpc) is 3.42. The number of fused-ring (bicyclic) bond motifs is 3. The lowest BCUT2D eigenvalue weighted by molar-refractivity contribution is -0.145. The van der Waals surface area contributed by atoms with Gasteiger partial charge in [0.05, 0.1) is 7.11 Å². The first kappa shape index (κ1) is 39.2. The number of carbonyl (C=O) groups excluding carboxylic acids is 4. The lowest BCUT2D eigenvalue weighted by atomic mass is 9.98. The monoisotopic (exact) mass is 811 g/mol. The molecule has 1 aliphatic rings. The number of hydrogen-bond donors (Lipinski definition) is 3. The van der Waals surface area contributed by atoms with E-state index in [-0.39, 0.29) is 25.4 Å². The summed E-state index contributed by atoms with van der Waals surface area (Å²) in [5, 5.41) is 8.19. The maximum Gasteiger partial charge on any atom is 0.407 e. The van der Waals surface area contributed by atoms with Crippen LogP contribution in [0.1, 0.15) is 62.6 Å². The van der Waals surface area contributed by atoms with Gasteiger partial charge >= 0.3 is 18.2 Å². The summed E-state index contributed by atoms with van der Waals surface area (Å²) in [6, 6.07) is 19.2. The number of carbonyl (C=O) groups is 4. The first-order valence-electron chi connectivity index (χ1n) is 16.9. The van der Waals surface area contributed by atoms with E-state index in [1.165, 1.54) is 7.11 Å². The van der Waals surface area contributed by atoms with Gasteiger partial charge in [-0.1, -0.05) is 61.2 Å². The van der Waals surface area contributed by atoms with Gasteiger partial charge in [-0.3, -0.25) is 4.79 Å². The van der Waals surface area contributed by atoms with Crippen LogP contribution in [0, 0.1) is 3.57 Å². The summed E-state index contributed by atoms with van der Waals surface area (Å²) >= 11 is 2.30. The first-order chi connectivity index (χ1) is 24.4. The zero-order valence-electron chi connectivity index (χ0n) is 29.5. The molecule has 272 valence electrons. The Morgan fingerprint density at radius 2 is 1.63 bits per heavy atom. The Balaban J connectivity index is 1.43. The lowest BCUT2D eigenvalue weighted by Gasteiger charge is -2.23. The highest BCUT2D eigenvalue weighted by Gasteiger charge is 2.32. The minimum absolute atomic E-state index is 0.0707. The molecule has 0 aliphatic heterocycles. The zero-order chi connectivity index (χ0) is 37.0. The molecule has 0 fully saturated rings. The number of halogens is 1. The Morgan fingerprint density at radius 1 is 0.902 bits per heavy atom. The Labute approximate surface area is 313 Å². The van der Waals surface area contributed by atoms with E-state index in [4.69, 9.17) is 18.9 Å². The Morgan fingerprint density at radius 3 is 2.33 bits per heavy atom. The SMILES string of the molecule is C=CCOc1ccc(C[C@H](NC(=O)[C@@H](CCCCNC(=O)OC(C)(C)C)NC(=O)OCC2c3ccccc3-c3cccc(I)c32)C(=O)OC)cc1. The molecular formula is C39H46IN3O8. The first-order valence-corrected chi connectivity index (χ1v) is 18.0. The fraction of sp³-hybridized carbons (Fsp3) is 0.385. The molecule has 3 atom stereocenters. The molecule has 3 amide bonds. The fourth-order valence-electron chi connectivity index (χ4n) is 5.81. The van der Waals surface area contributed by atoms with Crippen molar-refractivity contribution in [1.29, 1.82) is 0 Å². The number of ether oxygens (including phenoxy) is 4. The highest BCUT2D eigenvalue weighted by atomic mass is 127. The molecule has 0 saturated carbocycles. The van der Waals surface area contributed by atoms with Gasteiger partial charge in [-0.25, -0.2) is 14.4 Å². The molecule has 0 aromatic heterocycles. The van der Waals surface area contributed by atoms with Crippen molar-refractivity contribution in [3.05, 3.63) is 99.6 Å². The minimum atomic E-state index is -1.04. The lowest BCUT2D eigenvalue weighted by Crippen LogP contribution is -2.52. The predicted octanol–water partition coefficient (Wildman–Crippen LogP) is 6.66. The van der Waals surface area contributed by atoms with Gasteiger partial charge in [0.1, 0.15) is 36.6 Å². The molecule has 12 heteroatoms. The summed E-state index contributed by atoms with van der Waals surface area (Å²) in [5.41, 5.74) is 4.51. The van der Waals surface area contributed by atoms with E-state index in [9.17, 15) is 19.2 Å². The van der Waals surface area contributed by atoms with Crippen molar-refractivity contribution in [3.63, 3.8) is 0 Å². The summed E-state index contributed by atoms with van der Waals surface area (Å²) in [5.74, 6) is -0.732. The van der Waals surface area contributed by atoms with Gasteiger partial charge in [-0.15, -0.1) is 0 Å². The van der Waals surface area contributed by atoms with Crippen molar-refractivity contribution >= 4 is 46.7 Å². The van der Waals surface area contributed by atoms with Gasteiger partial charge in [-0.05, 0) is 109 Å². The van der Waals surface area contributed by atoms with Crippen molar-refractivity contribution in [2.45, 2.75) is 70.1 Å². The van der Waals surface area contributed by atoms with Crippen LogP contribution in [0.2, 0.25) is 0 Å². The highest BCUT2D eigenvalue weighted by molar-refractivity contribution is 14.1. The van der Waals surface area contributed by atoms with E-state index >= 15 is 0 Å². The van der Waals surface area contributed by atoms with E-state index in [2.05, 4.69) is 57.3 Å². The standard InChI is InChI=1S/C39H46IN3O8/c1-6-22-49-26-19-17-25(18-20-26)23-33(36(45)48-5)42-35(44)32(16-9-10-21-41-37(46)51-39(2,3)4)43-38(47)50-24-30-28-13-8-7-12-27(28)29-14-11-15-31(40)34(29)30/h6-8,11-15,17-20,30,32-33H,1,9-10,16,21-24H2,2-5H3,(H,41,46)(H,42,44)(H,43,47)/t30?,32-,33+/m1/s1. The number of hydrogen-bond acceptors (Lipinski definition) is 8. The normalized spacial score (nSPS) is 14.2. The summed E-state index contributed by atoms with van der Waals surface area (Å²) < 4.78 is 22.7. The van der Waals surface area contributed by atoms with Gasteiger partial charge in [0.25, 0.3) is 0 Å². The van der Waals surface area contributed by atoms with E-state index in [1.54, 1.807) is 51.1 Å². The van der Waals surface area contributed by atoms with E-state index in [0.29, 0.717) is 31.7 Å². The van der Waals surface area contributed by atoms with Gasteiger partial charge < -0.3 is 34.9 Å². The Kier molecular flexibility index (Phi) is 14.3. The molecule has 3 aromatic carbocycles. The van der Waals surface area contributed by atoms with Crippen LogP contribution < -0.4 is 20.7 Å². The molecule has 3 aromatic rings. The quantitative estimate of drug-likeness (QED) is 0.0480. The van der Waals surface area contributed by atoms with Crippen LogP contribution in [-0.2, 0) is 30.2 Å². The zero-order valence-corrected chi connectivity index (χ0v) is 31.6.